The molecule has 0 bridgehead atoms. The van der Waals surface area contributed by atoms with E-state index in [0.29, 0.717) is 21.4 Å². The van der Waals surface area contributed by atoms with E-state index in [4.69, 9.17) is 11.6 Å². The molecule has 0 aliphatic carbocycles. The van der Waals surface area contributed by atoms with E-state index in [-0.39, 0.29) is 11.6 Å². The molecule has 0 aliphatic heterocycles. The highest BCUT2D eigenvalue weighted by molar-refractivity contribution is 7.92. The summed E-state index contributed by atoms with van der Waals surface area (Å²) in [6, 6.07) is 7.93. The van der Waals surface area contributed by atoms with Gasteiger partial charge in [0.05, 0.1) is 16.8 Å². The summed E-state index contributed by atoms with van der Waals surface area (Å²) in [6.45, 7) is 1.89. The lowest BCUT2D eigenvalue weighted by atomic mass is 10.2. The van der Waals surface area contributed by atoms with Gasteiger partial charge < -0.3 is 5.32 Å². The topological polar surface area (TPSA) is 101 Å². The Balaban J connectivity index is 1.84. The minimum atomic E-state index is -3.46. The van der Waals surface area contributed by atoms with Crippen molar-refractivity contribution in [2.24, 2.45) is 0 Å². The van der Waals surface area contributed by atoms with Crippen LogP contribution in [0, 0.1) is 6.92 Å². The lowest BCUT2D eigenvalue weighted by Crippen LogP contribution is -2.12. The molecule has 1 aromatic carbocycles. The molecular weight excluding hydrogens is 408 g/mol. The fraction of sp³-hybridized carbons (Fsp3) is 0.118. The number of benzene rings is 1. The Morgan fingerprint density at radius 1 is 1.11 bits per heavy atom. The van der Waals surface area contributed by atoms with Gasteiger partial charge in [-0.3, -0.25) is 9.52 Å². The predicted molar refractivity (Wildman–Crippen MR) is 108 cm³/mol. The molecule has 1 amide bonds. The average Bonchev–Trinajstić information content (AvgIpc) is 2.95. The number of aryl methyl sites for hydroxylation is 1. The molecule has 0 unspecified atom stereocenters. The number of halogens is 1. The quantitative estimate of drug-likeness (QED) is 0.651. The van der Waals surface area contributed by atoms with E-state index >= 15 is 0 Å². The molecule has 2 heterocycles. The predicted octanol–water partition coefficient (Wildman–Crippen LogP) is 3.79. The van der Waals surface area contributed by atoms with E-state index in [1.807, 2.05) is 6.92 Å². The zero-order valence-electron chi connectivity index (χ0n) is 14.4. The van der Waals surface area contributed by atoms with Crippen LogP contribution in [0.3, 0.4) is 0 Å². The van der Waals surface area contributed by atoms with Crippen molar-refractivity contribution in [2.75, 3.05) is 16.3 Å². The van der Waals surface area contributed by atoms with Crippen molar-refractivity contribution in [3.63, 3.8) is 0 Å². The maximum Gasteiger partial charge on any atom is 0.265 e. The first kappa shape index (κ1) is 19.3. The first-order valence-corrected chi connectivity index (χ1v) is 10.8. The Hall–Kier alpha value is -2.49. The molecule has 2 aromatic heterocycles. The summed E-state index contributed by atoms with van der Waals surface area (Å²) in [4.78, 5) is 22.4. The molecule has 2 N–H and O–H groups in total. The van der Waals surface area contributed by atoms with Gasteiger partial charge in [0.1, 0.15) is 0 Å². The molecular formula is C17H15ClN4O3S2. The summed E-state index contributed by atoms with van der Waals surface area (Å²) < 4.78 is 25.1. The number of hydrogen-bond donors (Lipinski definition) is 2. The van der Waals surface area contributed by atoms with Crippen molar-refractivity contribution in [3.8, 4) is 11.4 Å². The Bertz CT molecular complexity index is 1100. The largest absolute Gasteiger partial charge is 0.321 e. The normalized spacial score (nSPS) is 11.2. The highest BCUT2D eigenvalue weighted by atomic mass is 35.5. The molecule has 0 atom stereocenters. The third kappa shape index (κ3) is 5.03. The van der Waals surface area contributed by atoms with E-state index in [1.54, 1.807) is 24.5 Å². The second kappa shape index (κ2) is 7.63. The number of rotatable bonds is 5. The molecule has 140 valence electrons. The van der Waals surface area contributed by atoms with Crippen molar-refractivity contribution in [3.05, 3.63) is 57.5 Å². The van der Waals surface area contributed by atoms with Crippen molar-refractivity contribution in [2.45, 2.75) is 6.92 Å². The Morgan fingerprint density at radius 2 is 1.78 bits per heavy atom. The zero-order valence-corrected chi connectivity index (χ0v) is 16.7. The standard InChI is InChI=1S/C17H15ClN4O3S2/c1-10-14(16-19-4-3-5-20-16)9-15(26-10)17(23)21-12-6-11(18)7-13(8-12)22-27(2,24)25/h3-9,22H,1-2H3,(H,21,23). The van der Waals surface area contributed by atoms with Crippen LogP contribution in [0.2, 0.25) is 5.02 Å². The maximum atomic E-state index is 12.6. The summed E-state index contributed by atoms with van der Waals surface area (Å²) in [6.07, 6.45) is 4.32. The van der Waals surface area contributed by atoms with Crippen LogP contribution in [0.4, 0.5) is 11.4 Å². The number of carbonyl (C=O) groups excluding carboxylic acids is 1. The SMILES string of the molecule is Cc1sc(C(=O)Nc2cc(Cl)cc(NS(C)(=O)=O)c2)cc1-c1ncccn1. The molecule has 0 radical (unpaired) electrons. The van der Waals surface area contributed by atoms with E-state index in [1.165, 1.54) is 29.5 Å². The van der Waals surface area contributed by atoms with Crippen LogP contribution in [0.5, 0.6) is 0 Å². The van der Waals surface area contributed by atoms with Gasteiger partial charge >= 0.3 is 0 Å². The van der Waals surface area contributed by atoms with Crippen molar-refractivity contribution in [1.29, 1.82) is 0 Å². The summed E-state index contributed by atoms with van der Waals surface area (Å²) >= 11 is 7.34. The van der Waals surface area contributed by atoms with Gasteiger partial charge in [0, 0.05) is 33.5 Å². The molecule has 0 aliphatic rings. The molecule has 3 aromatic rings. The number of nitrogens with zero attached hydrogens (tertiary/aromatic N) is 2. The van der Waals surface area contributed by atoms with Gasteiger partial charge in [0.15, 0.2) is 5.82 Å². The average molecular weight is 423 g/mol. The minimum absolute atomic E-state index is 0.265. The smallest absolute Gasteiger partial charge is 0.265 e. The molecule has 10 heteroatoms. The third-order valence-corrected chi connectivity index (χ3v) is 5.28. The van der Waals surface area contributed by atoms with Gasteiger partial charge in [0.2, 0.25) is 10.0 Å². The molecule has 7 nitrogen and oxygen atoms in total. The number of hydrogen-bond acceptors (Lipinski definition) is 6. The lowest BCUT2D eigenvalue weighted by Gasteiger charge is -2.09. The van der Waals surface area contributed by atoms with Gasteiger partial charge in [-0.15, -0.1) is 11.3 Å². The molecule has 27 heavy (non-hydrogen) atoms. The monoisotopic (exact) mass is 422 g/mol. The van der Waals surface area contributed by atoms with Crippen LogP contribution in [-0.2, 0) is 10.0 Å². The molecule has 0 spiro atoms. The molecule has 0 saturated carbocycles. The molecule has 3 rings (SSSR count). The number of thiophene rings is 1. The summed E-state index contributed by atoms with van der Waals surface area (Å²) in [7, 11) is -3.46. The van der Waals surface area contributed by atoms with Crippen LogP contribution >= 0.6 is 22.9 Å². The van der Waals surface area contributed by atoms with E-state index in [9.17, 15) is 13.2 Å². The number of aromatic nitrogens is 2. The second-order valence-corrected chi connectivity index (χ2v) is 9.15. The summed E-state index contributed by atoms with van der Waals surface area (Å²) in [5, 5.41) is 3.02. The number of anilines is 2. The number of sulfonamides is 1. The highest BCUT2D eigenvalue weighted by Gasteiger charge is 2.16. The van der Waals surface area contributed by atoms with Crippen LogP contribution in [0.15, 0.2) is 42.7 Å². The van der Waals surface area contributed by atoms with Gasteiger partial charge in [-0.2, -0.15) is 0 Å². The number of nitrogens with one attached hydrogen (secondary N) is 2. The third-order valence-electron chi connectivity index (χ3n) is 3.41. The maximum absolute atomic E-state index is 12.6. The van der Waals surface area contributed by atoms with Crippen molar-refractivity contribution < 1.29 is 13.2 Å². The van der Waals surface area contributed by atoms with Gasteiger partial charge in [-0.05, 0) is 37.3 Å². The van der Waals surface area contributed by atoms with Crippen LogP contribution in [0.25, 0.3) is 11.4 Å². The van der Waals surface area contributed by atoms with Crippen molar-refractivity contribution in [1.82, 2.24) is 9.97 Å². The van der Waals surface area contributed by atoms with E-state index < -0.39 is 10.0 Å². The van der Waals surface area contributed by atoms with Gasteiger partial charge in [-0.1, -0.05) is 11.6 Å². The fourth-order valence-electron chi connectivity index (χ4n) is 2.38. The number of amides is 1. The lowest BCUT2D eigenvalue weighted by molar-refractivity contribution is 0.103. The fourth-order valence-corrected chi connectivity index (χ4v) is 4.07. The van der Waals surface area contributed by atoms with Crippen LogP contribution < -0.4 is 10.0 Å². The number of carbonyl (C=O) groups is 1. The first-order chi connectivity index (χ1) is 12.7. The highest BCUT2D eigenvalue weighted by Crippen LogP contribution is 2.30. The first-order valence-electron chi connectivity index (χ1n) is 7.69. The van der Waals surface area contributed by atoms with Gasteiger partial charge in [0.25, 0.3) is 5.91 Å². The van der Waals surface area contributed by atoms with E-state index in [2.05, 4.69) is 20.0 Å². The zero-order chi connectivity index (χ0) is 19.6. The van der Waals surface area contributed by atoms with Gasteiger partial charge in [-0.25, -0.2) is 18.4 Å². The Morgan fingerprint density at radius 3 is 2.44 bits per heavy atom. The van der Waals surface area contributed by atoms with Crippen LogP contribution in [-0.4, -0.2) is 30.5 Å². The molecule has 0 fully saturated rings. The molecule has 0 saturated heterocycles. The Kier molecular flexibility index (Phi) is 5.45. The van der Waals surface area contributed by atoms with E-state index in [0.717, 1.165) is 16.7 Å². The van der Waals surface area contributed by atoms with Crippen molar-refractivity contribution >= 4 is 50.2 Å². The summed E-state index contributed by atoms with van der Waals surface area (Å²) in [5.74, 6) is 0.213. The summed E-state index contributed by atoms with van der Waals surface area (Å²) in [5.41, 5.74) is 1.43. The Labute approximate surface area is 165 Å². The second-order valence-electron chi connectivity index (χ2n) is 5.71. The minimum Gasteiger partial charge on any atom is -0.321 e. The van der Waals surface area contributed by atoms with Crippen LogP contribution in [0.1, 0.15) is 14.5 Å².